The van der Waals surface area contributed by atoms with E-state index in [1.165, 1.54) is 30.0 Å². The number of hydrogen-bond acceptors (Lipinski definition) is 3. The topological polar surface area (TPSA) is 24.9 Å². The summed E-state index contributed by atoms with van der Waals surface area (Å²) >= 11 is 1.77. The molecular formula is C16H28N2S. The molecule has 1 aliphatic carbocycles. The lowest BCUT2D eigenvalue weighted by atomic mass is 9.72. The number of aromatic nitrogens is 1. The van der Waals surface area contributed by atoms with Crippen LogP contribution in [-0.4, -0.2) is 17.6 Å². The van der Waals surface area contributed by atoms with E-state index in [4.69, 9.17) is 0 Å². The molecule has 0 amide bonds. The van der Waals surface area contributed by atoms with Crippen molar-refractivity contribution >= 4 is 11.3 Å². The first kappa shape index (κ1) is 15.0. The summed E-state index contributed by atoms with van der Waals surface area (Å²) in [7, 11) is 0. The van der Waals surface area contributed by atoms with Gasteiger partial charge in [-0.05, 0) is 44.1 Å². The molecule has 1 saturated carbocycles. The summed E-state index contributed by atoms with van der Waals surface area (Å²) in [6.07, 6.45) is 5.25. The molecule has 1 heterocycles. The standard InChI is InChI=1S/C16H28N2S/c1-5-17-16(9-15-10-19-13(4)18-15)14-7-6-11(2)12(3)8-14/h10-12,14,16-17H,5-9H2,1-4H3. The van der Waals surface area contributed by atoms with Gasteiger partial charge in [-0.2, -0.15) is 0 Å². The van der Waals surface area contributed by atoms with Gasteiger partial charge >= 0.3 is 0 Å². The third-order valence-electron chi connectivity index (χ3n) is 4.77. The second-order valence-corrected chi connectivity index (χ2v) is 7.32. The maximum absolute atomic E-state index is 4.64. The van der Waals surface area contributed by atoms with Gasteiger partial charge < -0.3 is 5.32 Å². The molecule has 0 spiro atoms. The first-order valence-corrected chi connectivity index (χ1v) is 8.62. The number of rotatable bonds is 5. The Balaban J connectivity index is 1.99. The zero-order chi connectivity index (χ0) is 13.8. The van der Waals surface area contributed by atoms with E-state index >= 15 is 0 Å². The van der Waals surface area contributed by atoms with Crippen LogP contribution in [0.1, 0.15) is 50.7 Å². The number of thiazole rings is 1. The molecule has 4 atom stereocenters. The molecule has 0 bridgehead atoms. The van der Waals surface area contributed by atoms with Gasteiger partial charge in [0.1, 0.15) is 0 Å². The second kappa shape index (κ2) is 6.85. The van der Waals surface area contributed by atoms with E-state index < -0.39 is 0 Å². The maximum Gasteiger partial charge on any atom is 0.0897 e. The number of nitrogens with zero attached hydrogens (tertiary/aromatic N) is 1. The fraction of sp³-hybridized carbons (Fsp3) is 0.812. The minimum atomic E-state index is 0.612. The second-order valence-electron chi connectivity index (χ2n) is 6.25. The van der Waals surface area contributed by atoms with Crippen LogP contribution in [0.5, 0.6) is 0 Å². The van der Waals surface area contributed by atoms with Crippen molar-refractivity contribution < 1.29 is 0 Å². The molecule has 0 aromatic carbocycles. The summed E-state index contributed by atoms with van der Waals surface area (Å²) in [6.45, 7) is 10.2. The monoisotopic (exact) mass is 280 g/mol. The molecule has 0 radical (unpaired) electrons. The number of hydrogen-bond donors (Lipinski definition) is 1. The van der Waals surface area contributed by atoms with Crippen LogP contribution in [0, 0.1) is 24.7 Å². The van der Waals surface area contributed by atoms with Crippen LogP contribution in [0.4, 0.5) is 0 Å². The van der Waals surface area contributed by atoms with E-state index in [1.807, 2.05) is 0 Å². The summed E-state index contributed by atoms with van der Waals surface area (Å²) in [4.78, 5) is 4.64. The Hall–Kier alpha value is -0.410. The van der Waals surface area contributed by atoms with E-state index in [2.05, 4.69) is 43.4 Å². The summed E-state index contributed by atoms with van der Waals surface area (Å²) in [5.41, 5.74) is 1.28. The summed E-state index contributed by atoms with van der Waals surface area (Å²) in [5.74, 6) is 2.60. The molecular weight excluding hydrogens is 252 g/mol. The van der Waals surface area contributed by atoms with Gasteiger partial charge in [-0.15, -0.1) is 11.3 Å². The van der Waals surface area contributed by atoms with Crippen molar-refractivity contribution in [1.82, 2.24) is 10.3 Å². The normalized spacial score (nSPS) is 29.4. The van der Waals surface area contributed by atoms with E-state index in [0.29, 0.717) is 6.04 Å². The Kier molecular flexibility index (Phi) is 5.40. The summed E-state index contributed by atoms with van der Waals surface area (Å²) < 4.78 is 0. The molecule has 19 heavy (non-hydrogen) atoms. The van der Waals surface area contributed by atoms with Crippen LogP contribution in [0.2, 0.25) is 0 Å². The molecule has 0 saturated heterocycles. The highest BCUT2D eigenvalue weighted by Crippen LogP contribution is 2.35. The summed E-state index contributed by atoms with van der Waals surface area (Å²) in [5, 5.41) is 7.13. The SMILES string of the molecule is CCNC(Cc1csc(C)n1)C1CCC(C)C(C)C1. The Morgan fingerprint density at radius 1 is 1.37 bits per heavy atom. The lowest BCUT2D eigenvalue weighted by molar-refractivity contribution is 0.170. The molecule has 4 unspecified atom stereocenters. The minimum absolute atomic E-state index is 0.612. The van der Waals surface area contributed by atoms with Gasteiger partial charge in [-0.25, -0.2) is 4.98 Å². The highest BCUT2D eigenvalue weighted by molar-refractivity contribution is 7.09. The van der Waals surface area contributed by atoms with Gasteiger partial charge in [0.15, 0.2) is 0 Å². The average molecular weight is 280 g/mol. The molecule has 2 nitrogen and oxygen atoms in total. The van der Waals surface area contributed by atoms with E-state index in [0.717, 1.165) is 30.7 Å². The van der Waals surface area contributed by atoms with Gasteiger partial charge in [0.25, 0.3) is 0 Å². The number of likely N-dealkylation sites (N-methyl/N-ethyl adjacent to an activating group) is 1. The molecule has 1 aliphatic rings. The van der Waals surface area contributed by atoms with Crippen LogP contribution in [-0.2, 0) is 6.42 Å². The Bertz CT molecular complexity index is 388. The third-order valence-corrected chi connectivity index (χ3v) is 5.59. The molecule has 1 aromatic heterocycles. The lowest BCUT2D eigenvalue weighted by Gasteiger charge is -2.37. The fourth-order valence-electron chi connectivity index (χ4n) is 3.35. The molecule has 2 rings (SSSR count). The van der Waals surface area contributed by atoms with Gasteiger partial charge in [0.2, 0.25) is 0 Å². The van der Waals surface area contributed by atoms with Crippen molar-refractivity contribution in [2.45, 2.75) is 59.4 Å². The van der Waals surface area contributed by atoms with Crippen LogP contribution in [0.25, 0.3) is 0 Å². The lowest BCUT2D eigenvalue weighted by Crippen LogP contribution is -2.41. The first-order valence-electron chi connectivity index (χ1n) is 7.74. The molecule has 1 N–H and O–H groups in total. The van der Waals surface area contributed by atoms with E-state index in [-0.39, 0.29) is 0 Å². The fourth-order valence-corrected chi connectivity index (χ4v) is 3.98. The molecule has 108 valence electrons. The van der Waals surface area contributed by atoms with Crippen LogP contribution in [0.3, 0.4) is 0 Å². The highest BCUT2D eigenvalue weighted by atomic mass is 32.1. The smallest absolute Gasteiger partial charge is 0.0897 e. The first-order chi connectivity index (χ1) is 9.10. The number of aryl methyl sites for hydroxylation is 1. The van der Waals surface area contributed by atoms with Crippen LogP contribution in [0.15, 0.2) is 5.38 Å². The predicted octanol–water partition coefficient (Wildman–Crippen LogP) is 4.04. The van der Waals surface area contributed by atoms with E-state index in [1.54, 1.807) is 11.3 Å². The Morgan fingerprint density at radius 2 is 2.16 bits per heavy atom. The van der Waals surface area contributed by atoms with Crippen molar-refractivity contribution in [3.05, 3.63) is 16.1 Å². The zero-order valence-corrected chi connectivity index (χ0v) is 13.6. The van der Waals surface area contributed by atoms with Gasteiger partial charge in [0.05, 0.1) is 10.7 Å². The van der Waals surface area contributed by atoms with Gasteiger partial charge in [0, 0.05) is 17.8 Å². The zero-order valence-electron chi connectivity index (χ0n) is 12.8. The predicted molar refractivity (Wildman–Crippen MR) is 83.7 cm³/mol. The average Bonchev–Trinajstić information content (AvgIpc) is 2.78. The molecule has 3 heteroatoms. The van der Waals surface area contributed by atoms with Crippen molar-refractivity contribution in [2.75, 3.05) is 6.54 Å². The van der Waals surface area contributed by atoms with Crippen molar-refractivity contribution in [3.8, 4) is 0 Å². The van der Waals surface area contributed by atoms with E-state index in [9.17, 15) is 0 Å². The van der Waals surface area contributed by atoms with Crippen molar-refractivity contribution in [3.63, 3.8) is 0 Å². The highest BCUT2D eigenvalue weighted by Gasteiger charge is 2.30. The van der Waals surface area contributed by atoms with Crippen LogP contribution >= 0.6 is 11.3 Å². The van der Waals surface area contributed by atoms with Gasteiger partial charge in [-0.1, -0.05) is 27.2 Å². The van der Waals surface area contributed by atoms with Crippen molar-refractivity contribution in [1.29, 1.82) is 0 Å². The maximum atomic E-state index is 4.64. The molecule has 1 aromatic rings. The third kappa shape index (κ3) is 4.03. The van der Waals surface area contributed by atoms with Crippen molar-refractivity contribution in [2.24, 2.45) is 17.8 Å². The Morgan fingerprint density at radius 3 is 2.74 bits per heavy atom. The molecule has 0 aliphatic heterocycles. The molecule has 1 fully saturated rings. The summed E-state index contributed by atoms with van der Waals surface area (Å²) in [6, 6.07) is 0.612. The largest absolute Gasteiger partial charge is 0.314 e. The van der Waals surface area contributed by atoms with Crippen LogP contribution < -0.4 is 5.32 Å². The Labute approximate surface area is 122 Å². The quantitative estimate of drug-likeness (QED) is 0.880. The van der Waals surface area contributed by atoms with Gasteiger partial charge in [-0.3, -0.25) is 0 Å². The minimum Gasteiger partial charge on any atom is -0.314 e. The number of nitrogens with one attached hydrogen (secondary N) is 1.